The lowest BCUT2D eigenvalue weighted by molar-refractivity contribution is 0.174. The number of aromatic nitrogens is 1. The van der Waals surface area contributed by atoms with Gasteiger partial charge in [0, 0.05) is 29.7 Å². The van der Waals surface area contributed by atoms with E-state index in [-0.39, 0.29) is 12.8 Å². The van der Waals surface area contributed by atoms with E-state index in [2.05, 4.69) is 27.8 Å². The number of nitrogens with one attached hydrogen (secondary N) is 2. The van der Waals surface area contributed by atoms with Crippen molar-refractivity contribution >= 4 is 22.6 Å². The molecule has 0 unspecified atom stereocenters. The summed E-state index contributed by atoms with van der Waals surface area (Å²) in [6, 6.07) is 13.9. The molecule has 2 aromatic carbocycles. The monoisotopic (exact) mass is 414 g/mol. The number of nitriles is 1. The predicted octanol–water partition coefficient (Wildman–Crippen LogP) is 4.94. The van der Waals surface area contributed by atoms with Crippen LogP contribution in [0.3, 0.4) is 0 Å². The molecular weight excluding hydrogens is 392 g/mol. The molecular formula is C24H22N4O3. The van der Waals surface area contributed by atoms with E-state index in [1.54, 1.807) is 6.08 Å². The van der Waals surface area contributed by atoms with Crippen LogP contribution in [0.1, 0.15) is 30.9 Å². The van der Waals surface area contributed by atoms with Crippen molar-refractivity contribution in [1.82, 2.24) is 9.88 Å². The molecule has 0 atom stereocenters. The Hall–Kier alpha value is -3.92. The number of amides is 2. The zero-order chi connectivity index (χ0) is 21.4. The van der Waals surface area contributed by atoms with Crippen molar-refractivity contribution in [3.63, 3.8) is 0 Å². The minimum absolute atomic E-state index is 0.203. The quantitative estimate of drug-likeness (QED) is 0.579. The van der Waals surface area contributed by atoms with Gasteiger partial charge < -0.3 is 24.7 Å². The van der Waals surface area contributed by atoms with Gasteiger partial charge in [-0.3, -0.25) is 0 Å². The molecule has 2 heterocycles. The van der Waals surface area contributed by atoms with E-state index in [9.17, 15) is 10.1 Å². The van der Waals surface area contributed by atoms with Gasteiger partial charge in [-0.15, -0.1) is 6.58 Å². The first-order valence-electron chi connectivity index (χ1n) is 10.3. The van der Waals surface area contributed by atoms with Gasteiger partial charge in [0.1, 0.15) is 6.07 Å². The molecule has 5 rings (SSSR count). The van der Waals surface area contributed by atoms with Crippen LogP contribution in [0.4, 0.5) is 10.5 Å². The Morgan fingerprint density at radius 2 is 1.97 bits per heavy atom. The molecule has 1 aromatic heterocycles. The molecule has 7 heteroatoms. The standard InChI is InChI=1S/C24H22N4O3/c1-2-10-26-24(29)27-16-8-6-15(7-9-16)23-19(13-25)18-11-21-22(31-14-30-21)12-20(18)28(23)17-4-3-5-17/h2,6-9,11-12,17H,1,3-5,10,14H2,(H2,26,27,29). The van der Waals surface area contributed by atoms with E-state index >= 15 is 0 Å². The maximum absolute atomic E-state index is 11.9. The van der Waals surface area contributed by atoms with E-state index in [1.165, 1.54) is 6.42 Å². The minimum Gasteiger partial charge on any atom is -0.454 e. The van der Waals surface area contributed by atoms with Gasteiger partial charge in [-0.1, -0.05) is 18.2 Å². The number of hydrogen-bond acceptors (Lipinski definition) is 4. The summed E-state index contributed by atoms with van der Waals surface area (Å²) in [7, 11) is 0. The van der Waals surface area contributed by atoms with Gasteiger partial charge in [-0.25, -0.2) is 4.79 Å². The highest BCUT2D eigenvalue weighted by Crippen LogP contribution is 2.46. The van der Waals surface area contributed by atoms with Gasteiger partial charge in [0.2, 0.25) is 6.79 Å². The van der Waals surface area contributed by atoms with Crippen molar-refractivity contribution in [2.24, 2.45) is 0 Å². The van der Waals surface area contributed by atoms with Crippen LogP contribution in [0.5, 0.6) is 11.5 Å². The van der Waals surface area contributed by atoms with Crippen LogP contribution in [-0.2, 0) is 0 Å². The predicted molar refractivity (Wildman–Crippen MR) is 118 cm³/mol. The average molecular weight is 414 g/mol. The maximum atomic E-state index is 11.9. The number of carbonyl (C=O) groups is 1. The summed E-state index contributed by atoms with van der Waals surface area (Å²) in [5.41, 5.74) is 4.12. The van der Waals surface area contributed by atoms with Crippen LogP contribution in [-0.4, -0.2) is 23.9 Å². The number of ether oxygens (including phenoxy) is 2. The van der Waals surface area contributed by atoms with Crippen molar-refractivity contribution in [2.75, 3.05) is 18.7 Å². The molecule has 2 aliphatic rings. The van der Waals surface area contributed by atoms with Crippen molar-refractivity contribution in [3.8, 4) is 28.8 Å². The van der Waals surface area contributed by atoms with E-state index in [4.69, 9.17) is 9.47 Å². The van der Waals surface area contributed by atoms with Crippen molar-refractivity contribution in [2.45, 2.75) is 25.3 Å². The summed E-state index contributed by atoms with van der Waals surface area (Å²) in [5.74, 6) is 1.39. The lowest BCUT2D eigenvalue weighted by Crippen LogP contribution is -2.28. The highest BCUT2D eigenvalue weighted by molar-refractivity contribution is 5.97. The second-order valence-corrected chi connectivity index (χ2v) is 7.71. The number of anilines is 1. The number of nitrogens with zero attached hydrogens (tertiary/aromatic N) is 2. The average Bonchev–Trinajstić information content (AvgIpc) is 3.32. The summed E-state index contributed by atoms with van der Waals surface area (Å²) in [4.78, 5) is 11.9. The Balaban J connectivity index is 1.58. The van der Waals surface area contributed by atoms with Crippen LogP contribution < -0.4 is 20.1 Å². The summed E-state index contributed by atoms with van der Waals surface area (Å²) in [6.07, 6.45) is 4.97. The molecule has 156 valence electrons. The van der Waals surface area contributed by atoms with Crippen LogP contribution in [0.25, 0.3) is 22.2 Å². The van der Waals surface area contributed by atoms with Crippen molar-refractivity contribution in [3.05, 3.63) is 54.6 Å². The largest absolute Gasteiger partial charge is 0.454 e. The third kappa shape index (κ3) is 3.26. The fraction of sp³-hybridized carbons (Fsp3) is 0.250. The summed E-state index contributed by atoms with van der Waals surface area (Å²) in [5, 5.41) is 16.4. The first-order chi connectivity index (χ1) is 15.2. The Labute approximate surface area is 179 Å². The maximum Gasteiger partial charge on any atom is 0.319 e. The number of hydrogen-bond donors (Lipinski definition) is 2. The van der Waals surface area contributed by atoms with Crippen LogP contribution in [0.15, 0.2) is 49.1 Å². The zero-order valence-corrected chi connectivity index (χ0v) is 17.0. The molecule has 3 aromatic rings. The van der Waals surface area contributed by atoms with Crippen LogP contribution in [0.2, 0.25) is 0 Å². The fourth-order valence-corrected chi connectivity index (χ4v) is 4.17. The van der Waals surface area contributed by atoms with Gasteiger partial charge in [0.05, 0.1) is 16.8 Å². The molecule has 0 spiro atoms. The Bertz CT molecular complexity index is 1220. The summed E-state index contributed by atoms with van der Waals surface area (Å²) < 4.78 is 13.4. The summed E-state index contributed by atoms with van der Waals surface area (Å²) in [6.45, 7) is 4.19. The second-order valence-electron chi connectivity index (χ2n) is 7.71. The first-order valence-corrected chi connectivity index (χ1v) is 10.3. The SMILES string of the molecule is C=CCNC(=O)Nc1ccc(-c2c(C#N)c3cc4c(cc3n2C2CCC2)OCO4)cc1. The molecule has 7 nitrogen and oxygen atoms in total. The minimum atomic E-state index is -0.288. The topological polar surface area (TPSA) is 88.3 Å². The molecule has 0 bridgehead atoms. The third-order valence-electron chi connectivity index (χ3n) is 5.87. The van der Waals surface area contributed by atoms with Crippen molar-refractivity contribution < 1.29 is 14.3 Å². The summed E-state index contributed by atoms with van der Waals surface area (Å²) >= 11 is 0. The first kappa shape index (κ1) is 19.1. The number of benzene rings is 2. The molecule has 0 radical (unpaired) electrons. The molecule has 2 N–H and O–H groups in total. The second kappa shape index (κ2) is 7.73. The fourth-order valence-electron chi connectivity index (χ4n) is 4.17. The highest BCUT2D eigenvalue weighted by Gasteiger charge is 2.29. The Morgan fingerprint density at radius 3 is 2.61 bits per heavy atom. The molecule has 31 heavy (non-hydrogen) atoms. The number of rotatable bonds is 5. The molecule has 1 aliphatic heterocycles. The number of urea groups is 1. The Kier molecular flexibility index (Phi) is 4.75. The molecule has 1 fully saturated rings. The lowest BCUT2D eigenvalue weighted by Gasteiger charge is -2.30. The smallest absolute Gasteiger partial charge is 0.319 e. The van der Waals surface area contributed by atoms with E-state index in [0.717, 1.165) is 35.0 Å². The van der Waals surface area contributed by atoms with Gasteiger partial charge in [0.15, 0.2) is 11.5 Å². The zero-order valence-electron chi connectivity index (χ0n) is 17.0. The van der Waals surface area contributed by atoms with E-state index in [0.29, 0.717) is 35.3 Å². The van der Waals surface area contributed by atoms with E-state index in [1.807, 2.05) is 36.4 Å². The van der Waals surface area contributed by atoms with Crippen LogP contribution >= 0.6 is 0 Å². The van der Waals surface area contributed by atoms with Crippen LogP contribution in [0, 0.1) is 11.3 Å². The lowest BCUT2D eigenvalue weighted by atomic mass is 9.92. The number of carbonyl (C=O) groups excluding carboxylic acids is 1. The van der Waals surface area contributed by atoms with Gasteiger partial charge >= 0.3 is 6.03 Å². The highest BCUT2D eigenvalue weighted by atomic mass is 16.7. The normalized spacial score (nSPS) is 14.7. The van der Waals surface area contributed by atoms with E-state index < -0.39 is 0 Å². The number of fused-ring (bicyclic) bond motifs is 2. The van der Waals surface area contributed by atoms with Gasteiger partial charge in [-0.05, 0) is 43.0 Å². The van der Waals surface area contributed by atoms with Gasteiger partial charge in [-0.2, -0.15) is 5.26 Å². The molecule has 1 aliphatic carbocycles. The van der Waals surface area contributed by atoms with Crippen molar-refractivity contribution in [1.29, 1.82) is 5.26 Å². The molecule has 2 amide bonds. The van der Waals surface area contributed by atoms with Gasteiger partial charge in [0.25, 0.3) is 0 Å². The third-order valence-corrected chi connectivity index (χ3v) is 5.87. The molecule has 0 saturated heterocycles. The molecule has 1 saturated carbocycles. The Morgan fingerprint density at radius 1 is 1.23 bits per heavy atom.